The monoisotopic (exact) mass is 844 g/mol. The highest BCUT2D eigenvalue weighted by molar-refractivity contribution is 9.28. The maximum absolute atomic E-state index is 6.05. The molecule has 1 aliphatic carbocycles. The van der Waals surface area contributed by atoms with Gasteiger partial charge in [-0.15, -0.1) is 0 Å². The summed E-state index contributed by atoms with van der Waals surface area (Å²) in [6.45, 7) is 0. The van der Waals surface area contributed by atoms with Gasteiger partial charge >= 0.3 is 0 Å². The maximum Gasteiger partial charge on any atom is 0.125 e. The Morgan fingerprint density at radius 1 is 0.706 bits per heavy atom. The number of halogens is 6. The van der Waals surface area contributed by atoms with Crippen molar-refractivity contribution in [1.82, 2.24) is 0 Å². The molecule has 0 atom stereocenters. The van der Waals surface area contributed by atoms with E-state index in [4.69, 9.17) is 9.47 Å². The van der Waals surface area contributed by atoms with Gasteiger partial charge in [-0.25, -0.2) is 0 Å². The Morgan fingerprint density at radius 2 is 1.09 bits per heavy atom. The Balaban J connectivity index is 2.30. The maximum atomic E-state index is 6.05. The third-order valence-corrected chi connectivity index (χ3v) is 8.06. The number of hydrogen-bond donors (Lipinski definition) is 0. The van der Waals surface area contributed by atoms with Crippen LogP contribution in [0.2, 0.25) is 0 Å². The molecule has 0 fully saturated rings. The minimum atomic E-state index is 0.781. The number of hydrogen-bond acceptors (Lipinski definition) is 2. The van der Waals surface area contributed by atoms with Crippen LogP contribution in [0.4, 0.5) is 0 Å². The van der Waals surface area contributed by atoms with Crippen molar-refractivity contribution in [3.05, 3.63) is 63.4 Å². The molecule has 0 aromatic heterocycles. The van der Waals surface area contributed by atoms with E-state index in [0.29, 0.717) is 0 Å². The van der Waals surface area contributed by atoms with Crippen molar-refractivity contribution in [1.29, 1.82) is 0 Å². The summed E-state index contributed by atoms with van der Waals surface area (Å²) in [4.78, 5) is 0. The molecule has 0 spiro atoms. The molecule has 1 aliphatic rings. The van der Waals surface area contributed by atoms with Gasteiger partial charge < -0.3 is 9.47 Å². The van der Waals surface area contributed by atoms with Crippen molar-refractivity contribution in [3.8, 4) is 11.5 Å². The van der Waals surface area contributed by atoms with Crippen LogP contribution in [0.1, 0.15) is 57.3 Å². The fourth-order valence-corrected chi connectivity index (χ4v) is 6.27. The van der Waals surface area contributed by atoms with Crippen molar-refractivity contribution in [3.63, 3.8) is 0 Å². The van der Waals surface area contributed by atoms with Gasteiger partial charge in [0.1, 0.15) is 11.5 Å². The van der Waals surface area contributed by atoms with Crippen molar-refractivity contribution in [2.75, 3.05) is 24.9 Å². The molecule has 184 valence electrons. The summed E-state index contributed by atoms with van der Waals surface area (Å²) in [5.41, 5.74) is 10.0. The Hall–Kier alpha value is 0.400. The molecule has 0 N–H and O–H groups in total. The molecule has 0 radical (unpaired) electrons. The van der Waals surface area contributed by atoms with Gasteiger partial charge in [-0.3, -0.25) is 0 Å². The molecule has 0 unspecified atom stereocenters. The first kappa shape index (κ1) is 29.0. The molecule has 34 heavy (non-hydrogen) atoms. The quantitative estimate of drug-likeness (QED) is 0.189. The predicted octanol–water partition coefficient (Wildman–Crippen LogP) is 10.0. The van der Waals surface area contributed by atoms with E-state index in [1.165, 1.54) is 44.5 Å². The summed E-state index contributed by atoms with van der Waals surface area (Å²) in [7, 11) is 3.58. The summed E-state index contributed by atoms with van der Waals surface area (Å²) in [6.07, 6.45) is 9.93. The van der Waals surface area contributed by atoms with Crippen LogP contribution in [-0.2, 0) is 25.7 Å². The van der Waals surface area contributed by atoms with Gasteiger partial charge in [0.15, 0.2) is 0 Å². The number of ether oxygens (including phenoxy) is 2. The topological polar surface area (TPSA) is 18.5 Å². The first-order valence-corrected chi connectivity index (χ1v) is 16.4. The fourth-order valence-electron chi connectivity index (χ4n) is 4.72. The number of benzene rings is 2. The molecule has 0 saturated heterocycles. The Morgan fingerprint density at radius 3 is 1.41 bits per heavy atom. The summed E-state index contributed by atoms with van der Waals surface area (Å²) < 4.78 is 13.9. The standard InChI is InChI=1S/C26H26Br6O2/c1-33-25-15(5-3-7-27)9-17(11-23(29)30)19-13-20-18(12-24(31)32)10-16(6-4-8-28)26(34-2)22(20)14-21(19)25/h9-12H,3-8,13-14H2,1-2H3. The van der Waals surface area contributed by atoms with E-state index in [1.807, 2.05) is 0 Å². The first-order valence-electron chi connectivity index (χ1n) is 10.9. The van der Waals surface area contributed by atoms with Crippen molar-refractivity contribution in [2.45, 2.75) is 38.5 Å². The molecule has 0 aliphatic heterocycles. The molecular weight excluding hydrogens is 824 g/mol. The third-order valence-electron chi connectivity index (χ3n) is 6.02. The first-order chi connectivity index (χ1) is 16.3. The van der Waals surface area contributed by atoms with Gasteiger partial charge in [-0.1, -0.05) is 31.9 Å². The second-order valence-electron chi connectivity index (χ2n) is 8.04. The van der Waals surface area contributed by atoms with Crippen LogP contribution in [0.15, 0.2) is 18.9 Å². The number of rotatable bonds is 10. The predicted molar refractivity (Wildman–Crippen MR) is 167 cm³/mol. The van der Waals surface area contributed by atoms with E-state index in [9.17, 15) is 0 Å². The number of methoxy groups -OCH3 is 2. The minimum Gasteiger partial charge on any atom is -0.496 e. The average Bonchev–Trinajstić information content (AvgIpc) is 2.79. The molecule has 0 amide bonds. The van der Waals surface area contributed by atoms with E-state index in [2.05, 4.69) is 120 Å². The summed E-state index contributed by atoms with van der Waals surface area (Å²) in [6, 6.07) is 4.57. The zero-order valence-corrected chi connectivity index (χ0v) is 28.6. The van der Waals surface area contributed by atoms with E-state index in [0.717, 1.165) is 67.5 Å². The van der Waals surface area contributed by atoms with Gasteiger partial charge in [0, 0.05) is 28.2 Å². The van der Waals surface area contributed by atoms with Gasteiger partial charge in [-0.2, -0.15) is 0 Å². The van der Waals surface area contributed by atoms with E-state index < -0.39 is 0 Å². The van der Waals surface area contributed by atoms with Crippen LogP contribution in [-0.4, -0.2) is 24.9 Å². The Labute approximate surface area is 253 Å². The van der Waals surface area contributed by atoms with Gasteiger partial charge in [0.25, 0.3) is 0 Å². The van der Waals surface area contributed by atoms with Crippen LogP contribution in [0, 0.1) is 0 Å². The van der Waals surface area contributed by atoms with Crippen molar-refractivity contribution >= 4 is 108 Å². The van der Waals surface area contributed by atoms with E-state index >= 15 is 0 Å². The second-order valence-corrected chi connectivity index (χ2v) is 15.2. The molecule has 2 aromatic rings. The van der Waals surface area contributed by atoms with Crippen molar-refractivity contribution < 1.29 is 9.47 Å². The minimum absolute atomic E-state index is 0.781. The van der Waals surface area contributed by atoms with Gasteiger partial charge in [0.05, 0.1) is 21.0 Å². The molecule has 0 heterocycles. The molecular formula is C26H26Br6O2. The summed E-state index contributed by atoms with van der Waals surface area (Å²) >= 11 is 21.5. The lowest BCUT2D eigenvalue weighted by atomic mass is 9.78. The number of aryl methyl sites for hydroxylation is 2. The van der Waals surface area contributed by atoms with Crippen LogP contribution in [0.25, 0.3) is 12.2 Å². The molecule has 0 bridgehead atoms. The van der Waals surface area contributed by atoms with Crippen LogP contribution < -0.4 is 9.47 Å². The van der Waals surface area contributed by atoms with Gasteiger partial charge in [-0.05, 0) is 153 Å². The van der Waals surface area contributed by atoms with Crippen LogP contribution in [0.5, 0.6) is 11.5 Å². The highest BCUT2D eigenvalue weighted by atomic mass is 79.9. The van der Waals surface area contributed by atoms with Crippen molar-refractivity contribution in [2.24, 2.45) is 0 Å². The summed E-state index contributed by atoms with van der Waals surface area (Å²) in [5, 5.41) is 1.93. The van der Waals surface area contributed by atoms with E-state index in [1.54, 1.807) is 14.2 Å². The highest BCUT2D eigenvalue weighted by Gasteiger charge is 2.28. The number of alkyl halides is 2. The normalized spacial score (nSPS) is 12.0. The smallest absolute Gasteiger partial charge is 0.125 e. The average molecular weight is 850 g/mol. The molecule has 8 heteroatoms. The lowest BCUT2D eigenvalue weighted by Crippen LogP contribution is -2.16. The van der Waals surface area contributed by atoms with Crippen LogP contribution in [0.3, 0.4) is 0 Å². The zero-order valence-electron chi connectivity index (χ0n) is 19.1. The molecule has 2 aromatic carbocycles. The second kappa shape index (κ2) is 13.8. The highest BCUT2D eigenvalue weighted by Crippen LogP contribution is 2.45. The molecule has 3 rings (SSSR count). The lowest BCUT2D eigenvalue weighted by molar-refractivity contribution is 0.397. The molecule has 0 saturated carbocycles. The van der Waals surface area contributed by atoms with E-state index in [-0.39, 0.29) is 0 Å². The Bertz CT molecular complexity index is 1010. The summed E-state index contributed by atoms with van der Waals surface area (Å²) in [5.74, 6) is 2.02. The molecule has 2 nitrogen and oxygen atoms in total. The van der Waals surface area contributed by atoms with Crippen LogP contribution >= 0.6 is 95.6 Å². The third kappa shape index (κ3) is 6.83. The SMILES string of the molecule is COc1c(CCCBr)cc(C=C(Br)Br)c2c1Cc1c(c(C=C(Br)Br)cc(CCCBr)c1OC)C2. The largest absolute Gasteiger partial charge is 0.496 e. The zero-order chi connectivity index (χ0) is 24.8. The van der Waals surface area contributed by atoms with Gasteiger partial charge in [0.2, 0.25) is 0 Å². The number of fused-ring (bicyclic) bond motifs is 2. The fraction of sp³-hybridized carbons (Fsp3) is 0.385. The lowest BCUT2D eigenvalue weighted by Gasteiger charge is -2.29. The Kier molecular flexibility index (Phi) is 11.8.